The Morgan fingerprint density at radius 1 is 0.810 bits per heavy atom. The van der Waals surface area contributed by atoms with Gasteiger partial charge in [-0.25, -0.2) is 15.0 Å². The van der Waals surface area contributed by atoms with Crippen LogP contribution in [0.25, 0.3) is 39.5 Å². The van der Waals surface area contributed by atoms with Crippen molar-refractivity contribution >= 4 is 28.9 Å². The summed E-state index contributed by atoms with van der Waals surface area (Å²) in [6.07, 6.45) is 1.56. The molecule has 1 amide bonds. The van der Waals surface area contributed by atoms with E-state index in [0.717, 1.165) is 28.0 Å². The zero-order valence-electron chi connectivity index (χ0n) is 22.4. The Hall–Kier alpha value is -5.83. The first-order valence-corrected chi connectivity index (χ1v) is 13.3. The van der Waals surface area contributed by atoms with E-state index in [-0.39, 0.29) is 12.3 Å². The van der Waals surface area contributed by atoms with E-state index in [9.17, 15) is 9.59 Å². The van der Waals surface area contributed by atoms with Gasteiger partial charge in [0, 0.05) is 29.6 Å². The molecule has 0 saturated carbocycles. The van der Waals surface area contributed by atoms with E-state index < -0.39 is 5.97 Å². The molecule has 6 rings (SSSR count). The summed E-state index contributed by atoms with van der Waals surface area (Å²) in [4.78, 5) is 37.7. The van der Waals surface area contributed by atoms with Gasteiger partial charge in [0.05, 0.1) is 17.7 Å². The molecule has 0 aliphatic rings. The summed E-state index contributed by atoms with van der Waals surface area (Å²) < 4.78 is 1.97. The first-order chi connectivity index (χ1) is 20.5. The minimum Gasteiger partial charge on any atom is -0.481 e. The molecule has 0 bridgehead atoms. The molecule has 0 saturated heterocycles. The Balaban J connectivity index is 1.30. The number of nitrogens with two attached hydrogens (primary N) is 1. The van der Waals surface area contributed by atoms with Crippen LogP contribution in [0, 0.1) is 0 Å². The highest BCUT2D eigenvalue weighted by atomic mass is 16.4. The molecule has 4 N–H and O–H groups in total. The van der Waals surface area contributed by atoms with Crippen molar-refractivity contribution in [3.05, 3.63) is 126 Å². The molecular formula is C33H26N6O3. The number of carbonyl (C=O) groups excluding carboxylic acids is 1. The summed E-state index contributed by atoms with van der Waals surface area (Å²) in [7, 11) is 0. The zero-order valence-corrected chi connectivity index (χ0v) is 22.4. The number of hydrogen-bond acceptors (Lipinski definition) is 6. The third-order valence-corrected chi connectivity index (χ3v) is 6.87. The van der Waals surface area contributed by atoms with Gasteiger partial charge in [-0.1, -0.05) is 54.6 Å². The van der Waals surface area contributed by atoms with E-state index in [1.54, 1.807) is 30.5 Å². The standard InChI is InChI=1S/C33H26N6O3/c34-30-26(7-4-18-35-30)31-38-28-17-16-27(23-5-2-1-3-6-23)37-32(28)39(31)25-14-10-22(11-15-25)20-36-33(42)24-12-8-21(9-13-24)19-29(40)41/h1-18H,19-20H2,(H2,34,35)(H,36,42)(H,40,41). The van der Waals surface area contributed by atoms with Crippen molar-refractivity contribution in [2.75, 3.05) is 5.73 Å². The third-order valence-electron chi connectivity index (χ3n) is 6.87. The lowest BCUT2D eigenvalue weighted by molar-refractivity contribution is -0.136. The summed E-state index contributed by atoms with van der Waals surface area (Å²) in [5, 5.41) is 11.9. The maximum absolute atomic E-state index is 12.7. The smallest absolute Gasteiger partial charge is 0.307 e. The zero-order chi connectivity index (χ0) is 29.1. The predicted octanol–water partition coefficient (Wildman–Crippen LogP) is 5.29. The number of aliphatic carboxylic acids is 1. The van der Waals surface area contributed by atoms with Gasteiger partial charge in [-0.3, -0.25) is 14.2 Å². The first kappa shape index (κ1) is 26.4. The van der Waals surface area contributed by atoms with Crippen molar-refractivity contribution in [1.82, 2.24) is 24.8 Å². The average Bonchev–Trinajstić information content (AvgIpc) is 3.39. The Labute approximate surface area is 241 Å². The van der Waals surface area contributed by atoms with Gasteiger partial charge >= 0.3 is 5.97 Å². The summed E-state index contributed by atoms with van der Waals surface area (Å²) >= 11 is 0. The maximum Gasteiger partial charge on any atom is 0.307 e. The van der Waals surface area contributed by atoms with E-state index in [1.165, 1.54) is 0 Å². The number of hydrogen-bond donors (Lipinski definition) is 3. The predicted molar refractivity (Wildman–Crippen MR) is 161 cm³/mol. The highest BCUT2D eigenvalue weighted by molar-refractivity contribution is 5.94. The van der Waals surface area contributed by atoms with Gasteiger partial charge in [-0.2, -0.15) is 0 Å². The first-order valence-electron chi connectivity index (χ1n) is 13.3. The molecule has 206 valence electrons. The number of nitrogens with one attached hydrogen (secondary N) is 1. The lowest BCUT2D eigenvalue weighted by Gasteiger charge is -2.12. The Morgan fingerprint density at radius 2 is 1.55 bits per heavy atom. The molecule has 3 heterocycles. The SMILES string of the molecule is Nc1ncccc1-c1nc2ccc(-c3ccccc3)nc2n1-c1ccc(CNC(=O)c2ccc(CC(=O)O)cc2)cc1. The number of imidazole rings is 1. The minimum atomic E-state index is -0.914. The number of rotatable bonds is 8. The highest BCUT2D eigenvalue weighted by Crippen LogP contribution is 2.31. The maximum atomic E-state index is 12.7. The molecule has 0 unspecified atom stereocenters. The second-order valence-electron chi connectivity index (χ2n) is 9.73. The summed E-state index contributed by atoms with van der Waals surface area (Å²) in [5.74, 6) is -0.162. The molecule has 0 fully saturated rings. The van der Waals surface area contributed by atoms with Crippen molar-refractivity contribution in [3.63, 3.8) is 0 Å². The van der Waals surface area contributed by atoms with Crippen LogP contribution in [0.15, 0.2) is 109 Å². The van der Waals surface area contributed by atoms with Crippen LogP contribution in [-0.4, -0.2) is 36.5 Å². The summed E-state index contributed by atoms with van der Waals surface area (Å²) in [6, 6.07) is 31.9. The van der Waals surface area contributed by atoms with Gasteiger partial charge in [0.25, 0.3) is 5.91 Å². The molecule has 6 aromatic rings. The number of nitrogens with zero attached hydrogens (tertiary/aromatic N) is 4. The lowest BCUT2D eigenvalue weighted by atomic mass is 10.1. The van der Waals surface area contributed by atoms with Crippen LogP contribution in [0.4, 0.5) is 5.82 Å². The van der Waals surface area contributed by atoms with Crippen molar-refractivity contribution in [1.29, 1.82) is 0 Å². The molecule has 0 radical (unpaired) electrons. The minimum absolute atomic E-state index is 0.0847. The number of carboxylic acid groups (broad SMARTS) is 1. The van der Waals surface area contributed by atoms with Crippen LogP contribution in [0.3, 0.4) is 0 Å². The van der Waals surface area contributed by atoms with E-state index in [1.807, 2.05) is 83.4 Å². The summed E-state index contributed by atoms with van der Waals surface area (Å²) in [6.45, 7) is 0.319. The molecule has 0 spiro atoms. The molecule has 9 nitrogen and oxygen atoms in total. The molecule has 3 aromatic heterocycles. The lowest BCUT2D eigenvalue weighted by Crippen LogP contribution is -2.22. The van der Waals surface area contributed by atoms with Gasteiger partial charge in [-0.15, -0.1) is 0 Å². The molecule has 3 aromatic carbocycles. The van der Waals surface area contributed by atoms with Crippen molar-refractivity contribution in [2.24, 2.45) is 0 Å². The number of amides is 1. The number of nitrogen functional groups attached to an aromatic ring is 1. The molecular weight excluding hydrogens is 528 g/mol. The quantitative estimate of drug-likeness (QED) is 0.233. The largest absolute Gasteiger partial charge is 0.481 e. The van der Waals surface area contributed by atoms with Gasteiger partial charge in [-0.05, 0) is 59.7 Å². The van der Waals surface area contributed by atoms with Crippen LogP contribution in [0.2, 0.25) is 0 Å². The van der Waals surface area contributed by atoms with Crippen molar-refractivity contribution in [2.45, 2.75) is 13.0 Å². The van der Waals surface area contributed by atoms with Crippen LogP contribution in [0.1, 0.15) is 21.5 Å². The van der Waals surface area contributed by atoms with E-state index in [0.29, 0.717) is 40.5 Å². The highest BCUT2D eigenvalue weighted by Gasteiger charge is 2.19. The van der Waals surface area contributed by atoms with Crippen LogP contribution < -0.4 is 11.1 Å². The summed E-state index contributed by atoms with van der Waals surface area (Å²) in [5.41, 5.74) is 13.0. The topological polar surface area (TPSA) is 136 Å². The number of carboxylic acids is 1. The van der Waals surface area contributed by atoms with Crippen LogP contribution in [0.5, 0.6) is 0 Å². The monoisotopic (exact) mass is 554 g/mol. The molecule has 9 heteroatoms. The number of aromatic nitrogens is 4. The fourth-order valence-electron chi connectivity index (χ4n) is 4.75. The van der Waals surface area contributed by atoms with Crippen molar-refractivity contribution < 1.29 is 14.7 Å². The van der Waals surface area contributed by atoms with E-state index in [4.69, 9.17) is 20.8 Å². The Morgan fingerprint density at radius 3 is 2.26 bits per heavy atom. The second kappa shape index (κ2) is 11.3. The van der Waals surface area contributed by atoms with Gasteiger partial charge in [0.1, 0.15) is 11.3 Å². The fraction of sp³-hybridized carbons (Fsp3) is 0.0606. The molecule has 0 aliphatic carbocycles. The van der Waals surface area contributed by atoms with Crippen LogP contribution in [-0.2, 0) is 17.8 Å². The third kappa shape index (κ3) is 5.44. The fourth-order valence-corrected chi connectivity index (χ4v) is 4.75. The Bertz CT molecular complexity index is 1900. The number of benzene rings is 3. The van der Waals surface area contributed by atoms with Gasteiger partial charge in [0.2, 0.25) is 0 Å². The van der Waals surface area contributed by atoms with Gasteiger partial charge in [0.15, 0.2) is 11.5 Å². The molecule has 0 atom stereocenters. The van der Waals surface area contributed by atoms with E-state index in [2.05, 4.69) is 10.3 Å². The molecule has 42 heavy (non-hydrogen) atoms. The van der Waals surface area contributed by atoms with Gasteiger partial charge < -0.3 is 16.2 Å². The average molecular weight is 555 g/mol. The normalized spacial score (nSPS) is 11.0. The number of anilines is 1. The number of pyridine rings is 2. The van der Waals surface area contributed by atoms with Crippen molar-refractivity contribution in [3.8, 4) is 28.3 Å². The van der Waals surface area contributed by atoms with Crippen LogP contribution >= 0.6 is 0 Å². The second-order valence-corrected chi connectivity index (χ2v) is 9.73. The molecule has 0 aliphatic heterocycles. The number of carbonyl (C=O) groups is 2. The Kier molecular flexibility index (Phi) is 7.13. The van der Waals surface area contributed by atoms with E-state index >= 15 is 0 Å². The number of fused-ring (bicyclic) bond motifs is 1.